The van der Waals surface area contributed by atoms with E-state index in [1.54, 1.807) is 30.5 Å². The molecule has 0 fully saturated rings. The van der Waals surface area contributed by atoms with Crippen LogP contribution in [0.25, 0.3) is 0 Å². The molecule has 0 spiro atoms. The summed E-state index contributed by atoms with van der Waals surface area (Å²) in [5, 5.41) is 5.97. The number of unbranched alkanes of at least 4 members (excludes halogenated alkanes) is 2. The van der Waals surface area contributed by atoms with Crippen molar-refractivity contribution in [2.75, 3.05) is 11.9 Å². The van der Waals surface area contributed by atoms with E-state index in [9.17, 15) is 9.18 Å². The van der Waals surface area contributed by atoms with Gasteiger partial charge in [-0.3, -0.25) is 9.78 Å². The van der Waals surface area contributed by atoms with Crippen molar-refractivity contribution < 1.29 is 9.18 Å². The number of hydrogen-bond acceptors (Lipinski definition) is 3. The van der Waals surface area contributed by atoms with Crippen LogP contribution in [0.4, 0.5) is 15.8 Å². The summed E-state index contributed by atoms with van der Waals surface area (Å²) in [6, 6.07) is 9.48. The smallest absolute Gasteiger partial charge is 0.269 e. The van der Waals surface area contributed by atoms with Gasteiger partial charge in [0.25, 0.3) is 5.91 Å². The summed E-state index contributed by atoms with van der Waals surface area (Å²) in [6.07, 6.45) is 4.76. The standard InChI is InChI=1S/C17H20FN3O/c1-2-3-4-10-20-17(22)16-12-15(9-11-19-16)21-14-7-5-13(18)6-8-14/h5-9,11-12H,2-4,10H2,1H3,(H,19,21)(H,20,22). The van der Waals surface area contributed by atoms with Crippen LogP contribution in [-0.4, -0.2) is 17.4 Å². The maximum atomic E-state index is 12.9. The van der Waals surface area contributed by atoms with Crippen LogP contribution < -0.4 is 10.6 Å². The van der Waals surface area contributed by atoms with E-state index in [1.807, 2.05) is 0 Å². The number of aromatic nitrogens is 1. The number of carbonyl (C=O) groups excluding carboxylic acids is 1. The fraction of sp³-hybridized carbons (Fsp3) is 0.294. The number of rotatable bonds is 7. The Morgan fingerprint density at radius 1 is 1.14 bits per heavy atom. The molecule has 1 aromatic heterocycles. The number of amides is 1. The maximum absolute atomic E-state index is 12.9. The summed E-state index contributed by atoms with van der Waals surface area (Å²) in [4.78, 5) is 16.1. The van der Waals surface area contributed by atoms with Gasteiger partial charge in [-0.05, 0) is 42.8 Å². The molecular formula is C17H20FN3O. The normalized spacial score (nSPS) is 10.3. The first kappa shape index (κ1) is 15.9. The second kappa shape index (κ2) is 8.12. The molecule has 116 valence electrons. The van der Waals surface area contributed by atoms with Gasteiger partial charge in [0.15, 0.2) is 0 Å². The van der Waals surface area contributed by atoms with Crippen molar-refractivity contribution in [2.45, 2.75) is 26.2 Å². The molecule has 2 aromatic rings. The van der Waals surface area contributed by atoms with Gasteiger partial charge in [0.05, 0.1) is 0 Å². The van der Waals surface area contributed by atoms with Gasteiger partial charge in [-0.25, -0.2) is 4.39 Å². The van der Waals surface area contributed by atoms with E-state index < -0.39 is 0 Å². The molecule has 5 heteroatoms. The van der Waals surface area contributed by atoms with E-state index in [1.165, 1.54) is 12.1 Å². The highest BCUT2D eigenvalue weighted by atomic mass is 19.1. The van der Waals surface area contributed by atoms with Crippen LogP contribution in [-0.2, 0) is 0 Å². The van der Waals surface area contributed by atoms with Gasteiger partial charge in [0.1, 0.15) is 11.5 Å². The van der Waals surface area contributed by atoms with Crippen molar-refractivity contribution in [3.8, 4) is 0 Å². The Bertz CT molecular complexity index is 614. The average molecular weight is 301 g/mol. The van der Waals surface area contributed by atoms with Crippen LogP contribution in [0.15, 0.2) is 42.6 Å². The van der Waals surface area contributed by atoms with Gasteiger partial charge >= 0.3 is 0 Å². The first-order chi connectivity index (χ1) is 10.7. The van der Waals surface area contributed by atoms with E-state index in [4.69, 9.17) is 0 Å². The van der Waals surface area contributed by atoms with Crippen molar-refractivity contribution >= 4 is 17.3 Å². The number of benzene rings is 1. The molecule has 0 saturated heterocycles. The van der Waals surface area contributed by atoms with E-state index in [0.29, 0.717) is 12.2 Å². The minimum absolute atomic E-state index is 0.182. The Kier molecular flexibility index (Phi) is 5.89. The molecule has 1 heterocycles. The third-order valence-electron chi connectivity index (χ3n) is 3.19. The summed E-state index contributed by atoms with van der Waals surface area (Å²) < 4.78 is 12.9. The van der Waals surface area contributed by atoms with Crippen LogP contribution in [0, 0.1) is 5.82 Å². The lowest BCUT2D eigenvalue weighted by atomic mass is 10.2. The Labute approximate surface area is 129 Å². The van der Waals surface area contributed by atoms with Crippen molar-refractivity contribution in [3.05, 3.63) is 54.1 Å². The van der Waals surface area contributed by atoms with Gasteiger partial charge in [0, 0.05) is 24.1 Å². The molecular weight excluding hydrogens is 281 g/mol. The van der Waals surface area contributed by atoms with Crippen LogP contribution in [0.1, 0.15) is 36.7 Å². The number of hydrogen-bond donors (Lipinski definition) is 2. The Morgan fingerprint density at radius 2 is 1.91 bits per heavy atom. The summed E-state index contributed by atoms with van der Waals surface area (Å²) in [7, 11) is 0. The Hall–Kier alpha value is -2.43. The third-order valence-corrected chi connectivity index (χ3v) is 3.19. The number of nitrogens with one attached hydrogen (secondary N) is 2. The monoisotopic (exact) mass is 301 g/mol. The number of carbonyl (C=O) groups is 1. The zero-order chi connectivity index (χ0) is 15.8. The Balaban J connectivity index is 1.97. The van der Waals surface area contributed by atoms with E-state index in [2.05, 4.69) is 22.5 Å². The lowest BCUT2D eigenvalue weighted by Crippen LogP contribution is -2.25. The first-order valence-electron chi connectivity index (χ1n) is 7.46. The van der Waals surface area contributed by atoms with Crippen LogP contribution in [0.3, 0.4) is 0 Å². The van der Waals surface area contributed by atoms with Crippen molar-refractivity contribution in [1.82, 2.24) is 10.3 Å². The predicted octanol–water partition coefficient (Wildman–Crippen LogP) is 3.88. The molecule has 0 aliphatic heterocycles. The molecule has 0 bridgehead atoms. The molecule has 2 N–H and O–H groups in total. The fourth-order valence-electron chi connectivity index (χ4n) is 2.00. The molecule has 2 rings (SSSR count). The molecule has 0 aliphatic rings. The molecule has 1 aromatic carbocycles. The van der Waals surface area contributed by atoms with Crippen LogP contribution in [0.2, 0.25) is 0 Å². The summed E-state index contributed by atoms with van der Waals surface area (Å²) in [6.45, 7) is 2.78. The zero-order valence-electron chi connectivity index (χ0n) is 12.6. The quantitative estimate of drug-likeness (QED) is 0.763. The second-order valence-corrected chi connectivity index (χ2v) is 5.02. The van der Waals surface area contributed by atoms with Gasteiger partial charge in [0.2, 0.25) is 0 Å². The molecule has 0 saturated carbocycles. The minimum atomic E-state index is -0.285. The summed E-state index contributed by atoms with van der Waals surface area (Å²) in [5.74, 6) is -0.466. The minimum Gasteiger partial charge on any atom is -0.355 e. The number of anilines is 2. The molecule has 22 heavy (non-hydrogen) atoms. The predicted molar refractivity (Wildman–Crippen MR) is 85.8 cm³/mol. The van der Waals surface area contributed by atoms with E-state index in [-0.39, 0.29) is 11.7 Å². The van der Waals surface area contributed by atoms with Gasteiger partial charge < -0.3 is 10.6 Å². The highest BCUT2D eigenvalue weighted by molar-refractivity contribution is 5.93. The van der Waals surface area contributed by atoms with Crippen molar-refractivity contribution in [2.24, 2.45) is 0 Å². The summed E-state index contributed by atoms with van der Waals surface area (Å²) in [5.41, 5.74) is 1.85. The molecule has 0 atom stereocenters. The lowest BCUT2D eigenvalue weighted by molar-refractivity contribution is 0.0948. The van der Waals surface area contributed by atoms with Crippen LogP contribution >= 0.6 is 0 Å². The molecule has 4 nitrogen and oxygen atoms in total. The SMILES string of the molecule is CCCCCNC(=O)c1cc(Nc2ccc(F)cc2)ccn1. The first-order valence-corrected chi connectivity index (χ1v) is 7.46. The largest absolute Gasteiger partial charge is 0.355 e. The highest BCUT2D eigenvalue weighted by Crippen LogP contribution is 2.17. The molecule has 0 radical (unpaired) electrons. The Morgan fingerprint density at radius 3 is 2.64 bits per heavy atom. The average Bonchev–Trinajstić information content (AvgIpc) is 2.54. The zero-order valence-corrected chi connectivity index (χ0v) is 12.6. The molecule has 0 unspecified atom stereocenters. The van der Waals surface area contributed by atoms with Crippen molar-refractivity contribution in [1.29, 1.82) is 0 Å². The van der Waals surface area contributed by atoms with Gasteiger partial charge in [-0.1, -0.05) is 19.8 Å². The third kappa shape index (κ3) is 4.84. The topological polar surface area (TPSA) is 54.0 Å². The van der Waals surface area contributed by atoms with E-state index >= 15 is 0 Å². The van der Waals surface area contributed by atoms with Crippen molar-refractivity contribution in [3.63, 3.8) is 0 Å². The highest BCUT2D eigenvalue weighted by Gasteiger charge is 2.07. The second-order valence-electron chi connectivity index (χ2n) is 5.02. The van der Waals surface area contributed by atoms with Crippen LogP contribution in [0.5, 0.6) is 0 Å². The lowest BCUT2D eigenvalue weighted by Gasteiger charge is -2.08. The van der Waals surface area contributed by atoms with Gasteiger partial charge in [-0.2, -0.15) is 0 Å². The molecule has 0 aliphatic carbocycles. The maximum Gasteiger partial charge on any atom is 0.269 e. The van der Waals surface area contributed by atoms with Gasteiger partial charge in [-0.15, -0.1) is 0 Å². The number of halogens is 1. The fourth-order valence-corrected chi connectivity index (χ4v) is 2.00. The molecule has 1 amide bonds. The summed E-state index contributed by atoms with van der Waals surface area (Å²) >= 11 is 0. The number of nitrogens with zero attached hydrogens (tertiary/aromatic N) is 1. The number of pyridine rings is 1. The van der Waals surface area contributed by atoms with E-state index in [0.717, 1.165) is 30.6 Å².